The first-order valence-corrected chi connectivity index (χ1v) is 6.45. The number of thioether (sulfide) groups is 1. The fraction of sp³-hybridized carbons (Fsp3) is 0.417. The smallest absolute Gasteiger partial charge is 0.319 e. The van der Waals surface area contributed by atoms with Gasteiger partial charge >= 0.3 is 5.97 Å². The van der Waals surface area contributed by atoms with Gasteiger partial charge in [-0.2, -0.15) is 0 Å². The molecule has 0 amide bonds. The number of ether oxygens (including phenoxy) is 1. The summed E-state index contributed by atoms with van der Waals surface area (Å²) < 4.78 is 32.0. The minimum atomic E-state index is -0.764. The Balaban J connectivity index is 2.92. The van der Waals surface area contributed by atoms with Gasteiger partial charge in [0, 0.05) is 5.69 Å². The van der Waals surface area contributed by atoms with Crippen molar-refractivity contribution < 1.29 is 18.3 Å². The van der Waals surface area contributed by atoms with E-state index >= 15 is 0 Å². The summed E-state index contributed by atoms with van der Waals surface area (Å²) in [5, 5.41) is -0.627. The monoisotopic (exact) mass is 275 g/mol. The summed E-state index contributed by atoms with van der Waals surface area (Å²) in [5.41, 5.74) is 5.33. The van der Waals surface area contributed by atoms with Gasteiger partial charge < -0.3 is 10.5 Å². The van der Waals surface area contributed by atoms with Crippen LogP contribution in [0.1, 0.15) is 20.3 Å². The predicted molar refractivity (Wildman–Crippen MR) is 67.3 cm³/mol. The van der Waals surface area contributed by atoms with Crippen LogP contribution in [0.3, 0.4) is 0 Å². The molecule has 1 atom stereocenters. The predicted octanol–water partition coefficient (Wildman–Crippen LogP) is 2.98. The molecule has 0 aromatic heterocycles. The normalized spacial score (nSPS) is 12.2. The van der Waals surface area contributed by atoms with Gasteiger partial charge in [-0.3, -0.25) is 4.79 Å². The van der Waals surface area contributed by atoms with E-state index in [4.69, 9.17) is 10.5 Å². The summed E-state index contributed by atoms with van der Waals surface area (Å²) in [6.45, 7) is 3.67. The van der Waals surface area contributed by atoms with Crippen LogP contribution in [-0.4, -0.2) is 17.8 Å². The van der Waals surface area contributed by atoms with Crippen molar-refractivity contribution >= 4 is 23.4 Å². The van der Waals surface area contributed by atoms with Gasteiger partial charge in [0.15, 0.2) is 0 Å². The van der Waals surface area contributed by atoms with Crippen molar-refractivity contribution in [2.24, 2.45) is 0 Å². The zero-order chi connectivity index (χ0) is 13.7. The lowest BCUT2D eigenvalue weighted by molar-refractivity contribution is -0.142. The number of carbonyl (C=O) groups is 1. The lowest BCUT2D eigenvalue weighted by Crippen LogP contribution is -2.19. The molecule has 0 saturated heterocycles. The summed E-state index contributed by atoms with van der Waals surface area (Å²) in [7, 11) is 0. The van der Waals surface area contributed by atoms with Crippen LogP contribution in [-0.2, 0) is 9.53 Å². The van der Waals surface area contributed by atoms with Crippen LogP contribution in [0.25, 0.3) is 0 Å². The van der Waals surface area contributed by atoms with Gasteiger partial charge in [0.1, 0.15) is 16.9 Å². The standard InChI is InChI=1S/C12H15F2NO2S/c1-3-10(12(16)17-4-2)18-11-8(13)5-7(15)6-9(11)14/h5-6,10H,3-4,15H2,1-2H3. The Morgan fingerprint density at radius 3 is 2.39 bits per heavy atom. The molecule has 0 saturated carbocycles. The van der Waals surface area contributed by atoms with Crippen LogP contribution < -0.4 is 5.73 Å². The van der Waals surface area contributed by atoms with E-state index in [-0.39, 0.29) is 17.2 Å². The number of benzene rings is 1. The molecule has 1 aromatic rings. The van der Waals surface area contributed by atoms with Gasteiger partial charge in [0.05, 0.1) is 11.5 Å². The van der Waals surface area contributed by atoms with E-state index in [0.717, 1.165) is 23.9 Å². The Morgan fingerprint density at radius 1 is 1.39 bits per heavy atom. The molecule has 100 valence electrons. The number of nitrogens with two attached hydrogens (primary N) is 1. The number of carbonyl (C=O) groups excluding carboxylic acids is 1. The number of halogens is 2. The Morgan fingerprint density at radius 2 is 1.94 bits per heavy atom. The molecule has 0 fully saturated rings. The fourth-order valence-corrected chi connectivity index (χ4v) is 2.33. The quantitative estimate of drug-likeness (QED) is 0.510. The van der Waals surface area contributed by atoms with Crippen molar-refractivity contribution in [2.75, 3.05) is 12.3 Å². The zero-order valence-corrected chi connectivity index (χ0v) is 11.0. The van der Waals surface area contributed by atoms with Gasteiger partial charge in [-0.25, -0.2) is 8.78 Å². The van der Waals surface area contributed by atoms with Gasteiger partial charge in [0.2, 0.25) is 0 Å². The van der Waals surface area contributed by atoms with E-state index in [1.807, 2.05) is 0 Å². The number of esters is 1. The summed E-state index contributed by atoms with van der Waals surface area (Å²) in [6, 6.07) is 2.06. The summed E-state index contributed by atoms with van der Waals surface area (Å²) in [5.74, 6) is -2.00. The van der Waals surface area contributed by atoms with Crippen molar-refractivity contribution in [3.63, 3.8) is 0 Å². The van der Waals surface area contributed by atoms with Crippen LogP contribution in [0, 0.1) is 11.6 Å². The van der Waals surface area contributed by atoms with Crippen LogP contribution in [0.2, 0.25) is 0 Å². The Bertz CT molecular complexity index is 417. The fourth-order valence-electron chi connectivity index (χ4n) is 1.37. The van der Waals surface area contributed by atoms with Crippen LogP contribution in [0.15, 0.2) is 17.0 Å². The van der Waals surface area contributed by atoms with E-state index in [1.54, 1.807) is 13.8 Å². The van der Waals surface area contributed by atoms with E-state index < -0.39 is 22.9 Å². The molecular weight excluding hydrogens is 260 g/mol. The largest absolute Gasteiger partial charge is 0.465 e. The van der Waals surface area contributed by atoms with Crippen molar-refractivity contribution in [1.29, 1.82) is 0 Å². The number of rotatable bonds is 5. The molecule has 1 unspecified atom stereocenters. The second kappa shape index (κ2) is 6.58. The summed E-state index contributed by atoms with van der Waals surface area (Å²) in [6.07, 6.45) is 0.423. The number of hydrogen-bond donors (Lipinski definition) is 1. The first kappa shape index (κ1) is 14.8. The third kappa shape index (κ3) is 3.60. The Labute approximate surface area is 109 Å². The lowest BCUT2D eigenvalue weighted by atomic mass is 10.3. The minimum absolute atomic E-state index is 0.0125. The molecule has 0 radical (unpaired) electrons. The van der Waals surface area contributed by atoms with E-state index in [9.17, 15) is 13.6 Å². The highest BCUT2D eigenvalue weighted by Gasteiger charge is 2.23. The molecule has 1 rings (SSSR count). The van der Waals surface area contributed by atoms with Gasteiger partial charge in [-0.15, -0.1) is 11.8 Å². The molecule has 0 heterocycles. The average molecular weight is 275 g/mol. The van der Waals surface area contributed by atoms with Gasteiger partial charge in [0.25, 0.3) is 0 Å². The molecule has 6 heteroatoms. The van der Waals surface area contributed by atoms with E-state index in [2.05, 4.69) is 0 Å². The number of anilines is 1. The third-order valence-electron chi connectivity index (χ3n) is 2.20. The Kier molecular flexibility index (Phi) is 5.40. The molecule has 18 heavy (non-hydrogen) atoms. The molecule has 0 spiro atoms. The Hall–Kier alpha value is -1.30. The second-order valence-electron chi connectivity index (χ2n) is 3.58. The highest BCUT2D eigenvalue weighted by atomic mass is 32.2. The SMILES string of the molecule is CCOC(=O)C(CC)Sc1c(F)cc(N)cc1F. The molecular formula is C12H15F2NO2S. The summed E-state index contributed by atoms with van der Waals surface area (Å²) in [4.78, 5) is 11.4. The zero-order valence-electron chi connectivity index (χ0n) is 10.2. The molecule has 0 aliphatic heterocycles. The van der Waals surface area contributed by atoms with Crippen molar-refractivity contribution in [3.8, 4) is 0 Å². The summed E-state index contributed by atoms with van der Waals surface area (Å²) >= 11 is 0.819. The average Bonchev–Trinajstić information content (AvgIpc) is 2.28. The maximum Gasteiger partial charge on any atom is 0.319 e. The topological polar surface area (TPSA) is 52.3 Å². The third-order valence-corrected chi connectivity index (χ3v) is 3.64. The molecule has 2 N–H and O–H groups in total. The van der Waals surface area contributed by atoms with Crippen molar-refractivity contribution in [2.45, 2.75) is 30.4 Å². The number of nitrogen functional groups attached to an aromatic ring is 1. The molecule has 1 aromatic carbocycles. The minimum Gasteiger partial charge on any atom is -0.465 e. The number of hydrogen-bond acceptors (Lipinski definition) is 4. The van der Waals surface area contributed by atoms with Crippen LogP contribution in [0.5, 0.6) is 0 Å². The first-order chi connectivity index (χ1) is 8.49. The molecule has 0 aliphatic carbocycles. The van der Waals surface area contributed by atoms with E-state index in [1.165, 1.54) is 0 Å². The highest BCUT2D eigenvalue weighted by Crippen LogP contribution is 2.32. The highest BCUT2D eigenvalue weighted by molar-refractivity contribution is 8.00. The van der Waals surface area contributed by atoms with Gasteiger partial charge in [-0.05, 0) is 25.5 Å². The maximum atomic E-state index is 13.6. The maximum absolute atomic E-state index is 13.6. The molecule has 0 aliphatic rings. The van der Waals surface area contributed by atoms with Crippen LogP contribution in [0.4, 0.5) is 14.5 Å². The van der Waals surface area contributed by atoms with Gasteiger partial charge in [-0.1, -0.05) is 6.92 Å². The van der Waals surface area contributed by atoms with Crippen LogP contribution >= 0.6 is 11.8 Å². The second-order valence-corrected chi connectivity index (χ2v) is 4.79. The first-order valence-electron chi connectivity index (χ1n) is 5.57. The lowest BCUT2D eigenvalue weighted by Gasteiger charge is -2.14. The van der Waals surface area contributed by atoms with Crippen molar-refractivity contribution in [3.05, 3.63) is 23.8 Å². The van der Waals surface area contributed by atoms with Crippen molar-refractivity contribution in [1.82, 2.24) is 0 Å². The molecule has 0 bridgehead atoms. The molecule has 3 nitrogen and oxygen atoms in total. The van der Waals surface area contributed by atoms with E-state index in [0.29, 0.717) is 6.42 Å².